The molecule has 2 aliphatic rings. The smallest absolute Gasteiger partial charge is 0.222 e. The van der Waals surface area contributed by atoms with Crippen LogP contribution < -0.4 is 0 Å². The Labute approximate surface area is 167 Å². The molecule has 1 atom stereocenters. The van der Waals surface area contributed by atoms with E-state index in [1.54, 1.807) is 18.2 Å². The second kappa shape index (κ2) is 9.03. The average molecular weight is 390 g/mol. The number of nitrogens with zero attached hydrogens (tertiary/aromatic N) is 3. The van der Waals surface area contributed by atoms with E-state index >= 15 is 0 Å². The van der Waals surface area contributed by atoms with Crippen LogP contribution in [0.2, 0.25) is 0 Å². The van der Waals surface area contributed by atoms with Gasteiger partial charge in [0, 0.05) is 51.0 Å². The summed E-state index contributed by atoms with van der Waals surface area (Å²) in [6.45, 7) is 3.83. The molecule has 28 heavy (non-hydrogen) atoms. The molecule has 2 fully saturated rings. The number of amides is 2. The fraction of sp³-hybridized carbons (Fsp3) is 0.636. The van der Waals surface area contributed by atoms with E-state index in [-0.39, 0.29) is 23.0 Å². The molecule has 0 aromatic heterocycles. The highest BCUT2D eigenvalue weighted by Gasteiger charge is 2.42. The molecule has 2 aliphatic heterocycles. The van der Waals surface area contributed by atoms with E-state index in [0.717, 1.165) is 52.0 Å². The molecule has 1 aromatic rings. The standard InChI is InChI=1S/C22H32FN3O2/c1-24(2)14-15-26-17-22(12-10-21(26)28)11-5-13-25(16-22)20(27)9-8-18-6-3-4-7-19(18)23/h3-4,6-7H,5,8-17H2,1-2H3/t22-/m0/s1. The third kappa shape index (κ3) is 5.10. The lowest BCUT2D eigenvalue weighted by Gasteiger charge is -2.48. The molecule has 2 heterocycles. The third-order valence-corrected chi connectivity index (χ3v) is 6.15. The number of carbonyl (C=O) groups is 2. The van der Waals surface area contributed by atoms with Gasteiger partial charge in [-0.25, -0.2) is 4.39 Å². The second-order valence-electron chi connectivity index (χ2n) is 8.63. The van der Waals surface area contributed by atoms with Gasteiger partial charge < -0.3 is 14.7 Å². The van der Waals surface area contributed by atoms with Gasteiger partial charge in [-0.1, -0.05) is 18.2 Å². The molecule has 3 rings (SSSR count). The number of aryl methyl sites for hydroxylation is 1. The zero-order valence-corrected chi connectivity index (χ0v) is 17.1. The predicted molar refractivity (Wildman–Crippen MR) is 107 cm³/mol. The van der Waals surface area contributed by atoms with Crippen molar-refractivity contribution in [2.24, 2.45) is 5.41 Å². The fourth-order valence-corrected chi connectivity index (χ4v) is 4.48. The van der Waals surface area contributed by atoms with E-state index in [0.29, 0.717) is 24.8 Å². The van der Waals surface area contributed by atoms with Crippen molar-refractivity contribution in [2.75, 3.05) is 46.8 Å². The summed E-state index contributed by atoms with van der Waals surface area (Å²) in [6.07, 6.45) is 4.24. The van der Waals surface area contributed by atoms with Crippen LogP contribution in [-0.4, -0.2) is 73.3 Å². The minimum absolute atomic E-state index is 0.0200. The molecule has 154 valence electrons. The summed E-state index contributed by atoms with van der Waals surface area (Å²) in [4.78, 5) is 31.1. The molecule has 2 saturated heterocycles. The molecule has 0 unspecified atom stereocenters. The van der Waals surface area contributed by atoms with Crippen molar-refractivity contribution in [3.8, 4) is 0 Å². The van der Waals surface area contributed by atoms with Crippen LogP contribution in [0.3, 0.4) is 0 Å². The monoisotopic (exact) mass is 389 g/mol. The summed E-state index contributed by atoms with van der Waals surface area (Å²) in [7, 11) is 4.03. The van der Waals surface area contributed by atoms with Crippen LogP contribution in [0.5, 0.6) is 0 Å². The van der Waals surface area contributed by atoms with Crippen LogP contribution in [0, 0.1) is 11.2 Å². The first kappa shape index (κ1) is 20.8. The number of likely N-dealkylation sites (N-methyl/N-ethyl adjacent to an activating group) is 1. The Hall–Kier alpha value is -1.95. The van der Waals surface area contributed by atoms with Gasteiger partial charge in [0.15, 0.2) is 0 Å². The van der Waals surface area contributed by atoms with Crippen molar-refractivity contribution in [1.29, 1.82) is 0 Å². The number of piperidine rings is 2. The lowest BCUT2D eigenvalue weighted by atomic mass is 9.73. The van der Waals surface area contributed by atoms with Crippen molar-refractivity contribution in [3.05, 3.63) is 35.6 Å². The number of benzene rings is 1. The summed E-state index contributed by atoms with van der Waals surface area (Å²) < 4.78 is 13.8. The topological polar surface area (TPSA) is 43.9 Å². The fourth-order valence-electron chi connectivity index (χ4n) is 4.48. The highest BCUT2D eigenvalue weighted by atomic mass is 19.1. The van der Waals surface area contributed by atoms with Gasteiger partial charge >= 0.3 is 0 Å². The first-order valence-corrected chi connectivity index (χ1v) is 10.3. The van der Waals surface area contributed by atoms with Crippen molar-refractivity contribution in [2.45, 2.75) is 38.5 Å². The molecule has 0 radical (unpaired) electrons. The Morgan fingerprint density at radius 1 is 1.21 bits per heavy atom. The maximum absolute atomic E-state index is 13.8. The molecule has 0 aliphatic carbocycles. The van der Waals surface area contributed by atoms with E-state index in [1.165, 1.54) is 6.07 Å². The van der Waals surface area contributed by atoms with Crippen molar-refractivity contribution in [3.63, 3.8) is 0 Å². The molecule has 5 nitrogen and oxygen atoms in total. The van der Waals surface area contributed by atoms with E-state index in [2.05, 4.69) is 4.90 Å². The lowest BCUT2D eigenvalue weighted by Crippen LogP contribution is -2.55. The van der Waals surface area contributed by atoms with Gasteiger partial charge in [0.25, 0.3) is 0 Å². The van der Waals surface area contributed by atoms with E-state index in [4.69, 9.17) is 0 Å². The van der Waals surface area contributed by atoms with Crippen molar-refractivity contribution < 1.29 is 14.0 Å². The van der Waals surface area contributed by atoms with Crippen LogP contribution >= 0.6 is 0 Å². The molecule has 1 aromatic carbocycles. The van der Waals surface area contributed by atoms with Crippen molar-refractivity contribution in [1.82, 2.24) is 14.7 Å². The van der Waals surface area contributed by atoms with Crippen LogP contribution in [0.15, 0.2) is 24.3 Å². The van der Waals surface area contributed by atoms with Gasteiger partial charge in [-0.2, -0.15) is 0 Å². The second-order valence-corrected chi connectivity index (χ2v) is 8.63. The largest absolute Gasteiger partial charge is 0.342 e. The summed E-state index contributed by atoms with van der Waals surface area (Å²) in [5, 5.41) is 0. The van der Waals surface area contributed by atoms with Gasteiger partial charge in [0.05, 0.1) is 0 Å². The van der Waals surface area contributed by atoms with Crippen LogP contribution in [0.1, 0.15) is 37.7 Å². The maximum atomic E-state index is 13.8. The van der Waals surface area contributed by atoms with Crippen LogP contribution in [0.4, 0.5) is 4.39 Å². The first-order chi connectivity index (χ1) is 13.4. The zero-order chi connectivity index (χ0) is 20.1. The average Bonchev–Trinajstić information content (AvgIpc) is 2.68. The maximum Gasteiger partial charge on any atom is 0.222 e. The summed E-state index contributed by atoms with van der Waals surface area (Å²) in [5.41, 5.74) is 0.618. The minimum atomic E-state index is -0.243. The van der Waals surface area contributed by atoms with Gasteiger partial charge in [-0.05, 0) is 51.4 Å². The number of halogens is 1. The molecule has 0 saturated carbocycles. The SMILES string of the molecule is CN(C)CCN1C[C@@]2(CCCN(C(=O)CCc3ccccc3F)C2)CCC1=O. The highest BCUT2D eigenvalue weighted by Crippen LogP contribution is 2.39. The van der Waals surface area contributed by atoms with E-state index < -0.39 is 0 Å². The van der Waals surface area contributed by atoms with Crippen LogP contribution in [-0.2, 0) is 16.0 Å². The van der Waals surface area contributed by atoms with Gasteiger partial charge in [0.1, 0.15) is 5.82 Å². The normalized spacial score (nSPS) is 22.9. The van der Waals surface area contributed by atoms with Gasteiger partial charge in [0.2, 0.25) is 11.8 Å². The summed E-state index contributed by atoms with van der Waals surface area (Å²) in [5.74, 6) is 0.0855. The molecule has 2 amide bonds. The lowest BCUT2D eigenvalue weighted by molar-refractivity contribution is -0.143. The van der Waals surface area contributed by atoms with Crippen molar-refractivity contribution >= 4 is 11.8 Å². The third-order valence-electron chi connectivity index (χ3n) is 6.15. The molecule has 0 N–H and O–H groups in total. The number of likely N-dealkylation sites (tertiary alicyclic amines) is 2. The number of hydrogen-bond donors (Lipinski definition) is 0. The molecule has 1 spiro atoms. The quantitative estimate of drug-likeness (QED) is 0.751. The Morgan fingerprint density at radius 2 is 2.00 bits per heavy atom. The summed E-state index contributed by atoms with van der Waals surface area (Å²) in [6, 6.07) is 6.66. The number of carbonyl (C=O) groups excluding carboxylic acids is 2. The Kier molecular flexibility index (Phi) is 6.70. The number of rotatable bonds is 6. The number of hydrogen-bond acceptors (Lipinski definition) is 3. The molecule has 0 bridgehead atoms. The minimum Gasteiger partial charge on any atom is -0.342 e. The zero-order valence-electron chi connectivity index (χ0n) is 17.1. The molecular weight excluding hydrogens is 357 g/mol. The highest BCUT2D eigenvalue weighted by molar-refractivity contribution is 5.78. The van der Waals surface area contributed by atoms with Gasteiger partial charge in [-0.3, -0.25) is 9.59 Å². The first-order valence-electron chi connectivity index (χ1n) is 10.3. The van der Waals surface area contributed by atoms with Gasteiger partial charge in [-0.15, -0.1) is 0 Å². The Bertz CT molecular complexity index is 709. The predicted octanol–water partition coefficient (Wildman–Crippen LogP) is 2.55. The molecular formula is C22H32FN3O2. The summed E-state index contributed by atoms with van der Waals surface area (Å²) >= 11 is 0. The van der Waals surface area contributed by atoms with Crippen LogP contribution in [0.25, 0.3) is 0 Å². The Morgan fingerprint density at radius 3 is 2.75 bits per heavy atom. The molecule has 6 heteroatoms. The van der Waals surface area contributed by atoms with E-state index in [9.17, 15) is 14.0 Å². The Balaban J connectivity index is 1.58. The van der Waals surface area contributed by atoms with E-state index in [1.807, 2.05) is 23.9 Å².